The molecule has 264 valence electrons. The fraction of sp³-hybridized carbons (Fsp3) is 0.191. The van der Waals surface area contributed by atoms with Gasteiger partial charge in [0.15, 0.2) is 11.6 Å². The standard InChI is InChI=1S/C47H40O6/c1-45(2)27-47(41-25-37(21-23-39(41)45)52-35-17-9-31(10-18-35)43(50)29-5-13-33(48)14-6-29)28-46(3,4)40-24-22-38(26-42(40)47)53-36-19-11-32(12-20-36)44(51)30-7-15-34(49)16-8-30/h5-26,48-49H,27-28H2,1-4H3. The Labute approximate surface area is 309 Å². The quantitative estimate of drug-likeness (QED) is 0.154. The summed E-state index contributed by atoms with van der Waals surface area (Å²) < 4.78 is 12.9. The molecule has 0 aliphatic heterocycles. The third-order valence-electron chi connectivity index (χ3n) is 10.9. The van der Waals surface area contributed by atoms with Gasteiger partial charge in [-0.25, -0.2) is 0 Å². The van der Waals surface area contributed by atoms with E-state index in [4.69, 9.17) is 9.47 Å². The Bertz CT molecular complexity index is 2200. The zero-order valence-electron chi connectivity index (χ0n) is 30.1. The van der Waals surface area contributed by atoms with E-state index in [1.165, 1.54) is 46.5 Å². The van der Waals surface area contributed by atoms with Gasteiger partial charge in [0.2, 0.25) is 0 Å². The Morgan fingerprint density at radius 1 is 0.434 bits per heavy atom. The summed E-state index contributed by atoms with van der Waals surface area (Å²) in [5, 5.41) is 19.2. The van der Waals surface area contributed by atoms with E-state index >= 15 is 0 Å². The molecule has 2 N–H and O–H groups in total. The smallest absolute Gasteiger partial charge is 0.193 e. The summed E-state index contributed by atoms with van der Waals surface area (Å²) in [5.74, 6) is 2.73. The summed E-state index contributed by atoms with van der Waals surface area (Å²) in [6.07, 6.45) is 1.89. The Kier molecular flexibility index (Phi) is 8.02. The molecule has 0 heterocycles. The average molecular weight is 701 g/mol. The molecular formula is C47H40O6. The largest absolute Gasteiger partial charge is 0.508 e. The van der Waals surface area contributed by atoms with E-state index < -0.39 is 0 Å². The number of ether oxygens (including phenoxy) is 2. The lowest BCUT2D eigenvalue weighted by Gasteiger charge is -2.30. The van der Waals surface area contributed by atoms with Gasteiger partial charge in [0.1, 0.15) is 34.5 Å². The van der Waals surface area contributed by atoms with Crippen molar-refractivity contribution >= 4 is 11.6 Å². The molecule has 0 saturated heterocycles. The van der Waals surface area contributed by atoms with Gasteiger partial charge >= 0.3 is 0 Å². The van der Waals surface area contributed by atoms with Crippen LogP contribution in [0.2, 0.25) is 0 Å². The lowest BCUT2D eigenvalue weighted by Crippen LogP contribution is -2.27. The number of hydrogen-bond donors (Lipinski definition) is 2. The fourth-order valence-corrected chi connectivity index (χ4v) is 8.61. The molecule has 8 rings (SSSR count). The van der Waals surface area contributed by atoms with Crippen LogP contribution in [0.1, 0.15) is 94.6 Å². The second kappa shape index (κ2) is 12.5. The maximum absolute atomic E-state index is 13.0. The number of phenolic OH excluding ortho intramolecular Hbond substituents is 2. The molecule has 2 aliphatic carbocycles. The van der Waals surface area contributed by atoms with Gasteiger partial charge < -0.3 is 19.7 Å². The van der Waals surface area contributed by atoms with Gasteiger partial charge in [-0.05, 0) is 167 Å². The first-order valence-corrected chi connectivity index (χ1v) is 17.8. The highest BCUT2D eigenvalue weighted by Gasteiger charge is 2.56. The number of ketones is 2. The van der Waals surface area contributed by atoms with Crippen LogP contribution < -0.4 is 9.47 Å². The highest BCUT2D eigenvalue weighted by molar-refractivity contribution is 6.09. The van der Waals surface area contributed by atoms with E-state index in [9.17, 15) is 19.8 Å². The van der Waals surface area contributed by atoms with Crippen molar-refractivity contribution in [1.82, 2.24) is 0 Å². The molecule has 2 aliphatic rings. The van der Waals surface area contributed by atoms with E-state index in [0.29, 0.717) is 33.8 Å². The molecule has 6 heteroatoms. The first-order chi connectivity index (χ1) is 25.3. The third-order valence-corrected chi connectivity index (χ3v) is 10.9. The fourth-order valence-electron chi connectivity index (χ4n) is 8.61. The third kappa shape index (κ3) is 6.14. The Morgan fingerprint density at radius 2 is 0.736 bits per heavy atom. The normalized spacial score (nSPS) is 15.8. The minimum Gasteiger partial charge on any atom is -0.508 e. The minimum absolute atomic E-state index is 0.0709. The van der Waals surface area contributed by atoms with Gasteiger partial charge in [-0.2, -0.15) is 0 Å². The van der Waals surface area contributed by atoms with Crippen molar-refractivity contribution in [1.29, 1.82) is 0 Å². The SMILES string of the molecule is CC1(C)CC2(CC(C)(C)c3ccc(Oc4ccc(C(=O)c5ccc(O)cc5)cc4)cc32)c2cc(Oc3ccc(C(=O)c4ccc(O)cc4)cc3)ccc21. The molecule has 0 unspecified atom stereocenters. The molecule has 0 radical (unpaired) electrons. The molecule has 0 fully saturated rings. The molecule has 6 aromatic carbocycles. The Balaban J connectivity index is 1.07. The zero-order chi connectivity index (χ0) is 37.1. The van der Waals surface area contributed by atoms with Crippen LogP contribution in [-0.2, 0) is 16.2 Å². The van der Waals surface area contributed by atoms with E-state index in [2.05, 4.69) is 52.0 Å². The Morgan fingerprint density at radius 3 is 1.08 bits per heavy atom. The van der Waals surface area contributed by atoms with Crippen LogP contribution in [0.15, 0.2) is 133 Å². The molecule has 0 amide bonds. The number of benzene rings is 6. The van der Waals surface area contributed by atoms with Crippen molar-refractivity contribution in [3.05, 3.63) is 178 Å². The predicted molar refractivity (Wildman–Crippen MR) is 205 cm³/mol. The summed E-state index contributed by atoms with van der Waals surface area (Å²) >= 11 is 0. The topological polar surface area (TPSA) is 93.1 Å². The average Bonchev–Trinajstić information content (AvgIpc) is 3.51. The maximum atomic E-state index is 13.0. The van der Waals surface area contributed by atoms with Crippen molar-refractivity contribution in [2.75, 3.05) is 0 Å². The van der Waals surface area contributed by atoms with Gasteiger partial charge in [-0.1, -0.05) is 39.8 Å². The predicted octanol–water partition coefficient (Wildman–Crippen LogP) is 10.8. The lowest BCUT2D eigenvalue weighted by molar-refractivity contribution is 0.103. The van der Waals surface area contributed by atoms with Gasteiger partial charge in [0.25, 0.3) is 0 Å². The highest BCUT2D eigenvalue weighted by Crippen LogP contribution is 2.63. The van der Waals surface area contributed by atoms with Crippen molar-refractivity contribution in [3.63, 3.8) is 0 Å². The number of phenols is 2. The van der Waals surface area contributed by atoms with Gasteiger partial charge in [0.05, 0.1) is 0 Å². The van der Waals surface area contributed by atoms with E-state index in [0.717, 1.165) is 24.3 Å². The first-order valence-electron chi connectivity index (χ1n) is 17.8. The summed E-state index contributed by atoms with van der Waals surface area (Å²) in [5.41, 5.74) is 6.85. The minimum atomic E-state index is -0.253. The lowest BCUT2D eigenvalue weighted by atomic mass is 9.72. The van der Waals surface area contributed by atoms with Crippen LogP contribution in [0, 0.1) is 0 Å². The van der Waals surface area contributed by atoms with Crippen LogP contribution in [0.25, 0.3) is 0 Å². The summed E-state index contributed by atoms with van der Waals surface area (Å²) in [7, 11) is 0. The van der Waals surface area contributed by atoms with Gasteiger partial charge in [0, 0.05) is 27.7 Å². The number of fused-ring (bicyclic) bond motifs is 4. The summed E-state index contributed by atoms with van der Waals surface area (Å²) in [6.45, 7) is 9.27. The Hall–Kier alpha value is -6.14. The second-order valence-corrected chi connectivity index (χ2v) is 15.6. The van der Waals surface area contributed by atoms with E-state index in [1.54, 1.807) is 48.5 Å². The van der Waals surface area contributed by atoms with Crippen LogP contribution in [0.3, 0.4) is 0 Å². The molecule has 0 atom stereocenters. The molecule has 6 nitrogen and oxygen atoms in total. The first kappa shape index (κ1) is 34.0. The maximum Gasteiger partial charge on any atom is 0.193 e. The molecule has 53 heavy (non-hydrogen) atoms. The summed E-state index contributed by atoms with van der Waals surface area (Å²) in [4.78, 5) is 26.0. The number of aromatic hydroxyl groups is 2. The number of hydrogen-bond acceptors (Lipinski definition) is 6. The number of rotatable bonds is 8. The van der Waals surface area contributed by atoms with Crippen LogP contribution in [0.5, 0.6) is 34.5 Å². The molecular weight excluding hydrogens is 661 g/mol. The molecule has 0 saturated carbocycles. The summed E-state index contributed by atoms with van der Waals surface area (Å²) in [6, 6.07) is 39.7. The van der Waals surface area contributed by atoms with Gasteiger partial charge in [-0.3, -0.25) is 9.59 Å². The van der Waals surface area contributed by atoms with E-state index in [-0.39, 0.29) is 39.3 Å². The highest BCUT2D eigenvalue weighted by atomic mass is 16.5. The van der Waals surface area contributed by atoms with Crippen molar-refractivity contribution < 1.29 is 29.3 Å². The van der Waals surface area contributed by atoms with E-state index in [1.807, 2.05) is 36.4 Å². The molecule has 0 aromatic heterocycles. The van der Waals surface area contributed by atoms with Crippen LogP contribution in [-0.4, -0.2) is 21.8 Å². The zero-order valence-corrected chi connectivity index (χ0v) is 30.1. The molecule has 6 aromatic rings. The molecule has 0 bridgehead atoms. The van der Waals surface area contributed by atoms with Crippen molar-refractivity contribution in [3.8, 4) is 34.5 Å². The molecule has 1 spiro atoms. The van der Waals surface area contributed by atoms with Crippen LogP contribution in [0.4, 0.5) is 0 Å². The second-order valence-electron chi connectivity index (χ2n) is 15.6. The number of carbonyl (C=O) groups excluding carboxylic acids is 2. The van der Waals surface area contributed by atoms with Crippen molar-refractivity contribution in [2.45, 2.75) is 56.8 Å². The van der Waals surface area contributed by atoms with Crippen molar-refractivity contribution in [2.24, 2.45) is 0 Å². The monoisotopic (exact) mass is 700 g/mol. The number of carbonyl (C=O) groups is 2. The van der Waals surface area contributed by atoms with Gasteiger partial charge in [-0.15, -0.1) is 0 Å². The van der Waals surface area contributed by atoms with Crippen LogP contribution >= 0.6 is 0 Å².